The molecule has 1 aromatic carbocycles. The van der Waals surface area contributed by atoms with E-state index in [0.717, 1.165) is 31.4 Å². The number of aryl methyl sites for hydroxylation is 2. The molecule has 2 amide bonds. The van der Waals surface area contributed by atoms with Gasteiger partial charge in [-0.25, -0.2) is 9.37 Å². The summed E-state index contributed by atoms with van der Waals surface area (Å²) in [5, 5.41) is 9.00. The van der Waals surface area contributed by atoms with E-state index in [-0.39, 0.29) is 12.1 Å². The first kappa shape index (κ1) is 18.5. The van der Waals surface area contributed by atoms with Crippen LogP contribution in [0.3, 0.4) is 0 Å². The first-order chi connectivity index (χ1) is 13.5. The van der Waals surface area contributed by atoms with Crippen LogP contribution >= 0.6 is 11.3 Å². The molecule has 9 heteroatoms. The molecule has 2 heterocycles. The predicted molar refractivity (Wildman–Crippen MR) is 106 cm³/mol. The number of nitrogens with one attached hydrogen (secondary N) is 1. The van der Waals surface area contributed by atoms with E-state index in [1.165, 1.54) is 51.9 Å². The molecule has 4 rings (SSSR count). The zero-order chi connectivity index (χ0) is 19.7. The molecular formula is C19H20FN5O2S. The lowest BCUT2D eigenvalue weighted by Crippen LogP contribution is -2.39. The lowest BCUT2D eigenvalue weighted by atomic mass is 10.1. The number of thiazole rings is 1. The number of hydrogen-bond acceptors (Lipinski definition) is 6. The van der Waals surface area contributed by atoms with E-state index in [4.69, 9.17) is 5.73 Å². The van der Waals surface area contributed by atoms with E-state index in [0.29, 0.717) is 10.8 Å². The van der Waals surface area contributed by atoms with Gasteiger partial charge in [-0.2, -0.15) is 5.10 Å². The lowest BCUT2D eigenvalue weighted by molar-refractivity contribution is -0.119. The number of halogens is 1. The SMILES string of the molecule is NC(=O)[C@@H]1CC(C(=O)Nc2nc3c(s2)CCCCC3)=NN1c1ccc(F)cc1. The number of primary amides is 1. The molecule has 7 nitrogen and oxygen atoms in total. The number of fused-ring (bicyclic) bond motifs is 1. The molecule has 1 aliphatic carbocycles. The normalized spacial score (nSPS) is 19.0. The Morgan fingerprint density at radius 2 is 1.93 bits per heavy atom. The maximum absolute atomic E-state index is 13.2. The fourth-order valence-electron chi connectivity index (χ4n) is 3.45. The predicted octanol–water partition coefficient (Wildman–Crippen LogP) is 2.61. The van der Waals surface area contributed by atoms with Gasteiger partial charge in [0.2, 0.25) is 5.91 Å². The van der Waals surface area contributed by atoms with E-state index in [1.54, 1.807) is 0 Å². The number of rotatable bonds is 4. The van der Waals surface area contributed by atoms with Crippen molar-refractivity contribution < 1.29 is 14.0 Å². The largest absolute Gasteiger partial charge is 0.368 e. The monoisotopic (exact) mass is 401 g/mol. The summed E-state index contributed by atoms with van der Waals surface area (Å²) in [6, 6.07) is 4.73. The second-order valence-corrected chi connectivity index (χ2v) is 7.98. The fraction of sp³-hybridized carbons (Fsp3) is 0.368. The third-order valence-electron chi connectivity index (χ3n) is 4.91. The van der Waals surface area contributed by atoms with Crippen LogP contribution in [0.5, 0.6) is 0 Å². The number of hydrazone groups is 1. The molecule has 0 saturated carbocycles. The van der Waals surface area contributed by atoms with Crippen LogP contribution in [0.25, 0.3) is 0 Å². The van der Waals surface area contributed by atoms with Crippen molar-refractivity contribution in [1.82, 2.24) is 4.98 Å². The highest BCUT2D eigenvalue weighted by atomic mass is 32.1. The summed E-state index contributed by atoms with van der Waals surface area (Å²) in [6.45, 7) is 0. The Labute approximate surface area is 165 Å². The minimum Gasteiger partial charge on any atom is -0.368 e. The number of hydrogen-bond donors (Lipinski definition) is 2. The van der Waals surface area contributed by atoms with Crippen molar-refractivity contribution in [2.45, 2.75) is 44.6 Å². The number of nitrogens with zero attached hydrogens (tertiary/aromatic N) is 3. The van der Waals surface area contributed by atoms with Gasteiger partial charge in [-0.05, 0) is 49.9 Å². The molecule has 2 aromatic rings. The topological polar surface area (TPSA) is 101 Å². The first-order valence-corrected chi connectivity index (χ1v) is 10.0. The van der Waals surface area contributed by atoms with Gasteiger partial charge in [0.25, 0.3) is 5.91 Å². The van der Waals surface area contributed by atoms with Crippen LogP contribution in [0.1, 0.15) is 36.3 Å². The zero-order valence-corrected chi connectivity index (χ0v) is 16.0. The number of nitrogens with two attached hydrogens (primary N) is 1. The average molecular weight is 401 g/mol. The highest BCUT2D eigenvalue weighted by Crippen LogP contribution is 2.30. The molecule has 0 fully saturated rings. The number of benzene rings is 1. The van der Waals surface area contributed by atoms with Gasteiger partial charge in [0.1, 0.15) is 17.6 Å². The van der Waals surface area contributed by atoms with Crippen molar-refractivity contribution >= 4 is 39.7 Å². The molecule has 1 aliphatic heterocycles. The lowest BCUT2D eigenvalue weighted by Gasteiger charge is -2.20. The number of aromatic nitrogens is 1. The van der Waals surface area contributed by atoms with Crippen molar-refractivity contribution in [1.29, 1.82) is 0 Å². The molecule has 2 aliphatic rings. The van der Waals surface area contributed by atoms with E-state index in [1.807, 2.05) is 0 Å². The van der Waals surface area contributed by atoms with Gasteiger partial charge in [-0.3, -0.25) is 19.9 Å². The Bertz CT molecular complexity index is 917. The molecule has 1 atom stereocenters. The van der Waals surface area contributed by atoms with Gasteiger partial charge < -0.3 is 5.73 Å². The zero-order valence-electron chi connectivity index (χ0n) is 15.2. The van der Waals surface area contributed by atoms with E-state index < -0.39 is 23.7 Å². The maximum atomic E-state index is 13.2. The molecule has 1 aromatic heterocycles. The highest BCUT2D eigenvalue weighted by Gasteiger charge is 2.35. The van der Waals surface area contributed by atoms with Gasteiger partial charge in [0, 0.05) is 11.3 Å². The summed E-state index contributed by atoms with van der Waals surface area (Å²) in [6.07, 6.45) is 5.47. The van der Waals surface area contributed by atoms with Crippen LogP contribution in [0.15, 0.2) is 29.4 Å². The second-order valence-electron chi connectivity index (χ2n) is 6.89. The Morgan fingerprint density at radius 1 is 1.18 bits per heavy atom. The number of anilines is 2. The van der Waals surface area contributed by atoms with Gasteiger partial charge in [-0.1, -0.05) is 6.42 Å². The quantitative estimate of drug-likeness (QED) is 0.769. The van der Waals surface area contributed by atoms with Crippen LogP contribution in [0.2, 0.25) is 0 Å². The summed E-state index contributed by atoms with van der Waals surface area (Å²) < 4.78 is 13.2. The van der Waals surface area contributed by atoms with Crippen LogP contribution < -0.4 is 16.1 Å². The Balaban J connectivity index is 1.53. The molecule has 0 unspecified atom stereocenters. The van der Waals surface area contributed by atoms with Gasteiger partial charge in [0.15, 0.2) is 5.13 Å². The number of carbonyl (C=O) groups is 2. The molecule has 0 spiro atoms. The summed E-state index contributed by atoms with van der Waals surface area (Å²) in [4.78, 5) is 30.3. The Kier molecular flexibility index (Phi) is 5.08. The van der Waals surface area contributed by atoms with E-state index in [2.05, 4.69) is 15.4 Å². The summed E-state index contributed by atoms with van der Waals surface area (Å²) >= 11 is 1.50. The Morgan fingerprint density at radius 3 is 2.68 bits per heavy atom. The van der Waals surface area contributed by atoms with Crippen molar-refractivity contribution in [3.63, 3.8) is 0 Å². The van der Waals surface area contributed by atoms with Gasteiger partial charge in [-0.15, -0.1) is 11.3 Å². The molecule has 0 radical (unpaired) electrons. The molecule has 28 heavy (non-hydrogen) atoms. The average Bonchev–Trinajstić information content (AvgIpc) is 3.21. The van der Waals surface area contributed by atoms with Crippen molar-refractivity contribution in [2.24, 2.45) is 10.8 Å². The van der Waals surface area contributed by atoms with Gasteiger partial charge >= 0.3 is 0 Å². The van der Waals surface area contributed by atoms with Crippen LogP contribution in [-0.4, -0.2) is 28.6 Å². The van der Waals surface area contributed by atoms with Crippen LogP contribution in [-0.2, 0) is 22.4 Å². The molecule has 3 N–H and O–H groups in total. The smallest absolute Gasteiger partial charge is 0.273 e. The van der Waals surface area contributed by atoms with E-state index >= 15 is 0 Å². The highest BCUT2D eigenvalue weighted by molar-refractivity contribution is 7.16. The maximum Gasteiger partial charge on any atom is 0.273 e. The van der Waals surface area contributed by atoms with Crippen molar-refractivity contribution in [3.8, 4) is 0 Å². The summed E-state index contributed by atoms with van der Waals surface area (Å²) in [5.74, 6) is -1.40. The third-order valence-corrected chi connectivity index (χ3v) is 5.98. The van der Waals surface area contributed by atoms with Crippen LogP contribution in [0.4, 0.5) is 15.2 Å². The number of carbonyl (C=O) groups excluding carboxylic acids is 2. The van der Waals surface area contributed by atoms with Crippen LogP contribution in [0, 0.1) is 5.82 Å². The molecule has 146 valence electrons. The number of amides is 2. The molecule has 0 saturated heterocycles. The molecule has 0 bridgehead atoms. The van der Waals surface area contributed by atoms with Crippen molar-refractivity contribution in [3.05, 3.63) is 40.7 Å². The summed E-state index contributed by atoms with van der Waals surface area (Å²) in [5.41, 5.74) is 7.23. The third kappa shape index (κ3) is 3.75. The fourth-order valence-corrected chi connectivity index (χ4v) is 4.50. The second kappa shape index (κ2) is 7.67. The van der Waals surface area contributed by atoms with Gasteiger partial charge in [0.05, 0.1) is 11.4 Å². The molecular weight excluding hydrogens is 381 g/mol. The van der Waals surface area contributed by atoms with Crippen molar-refractivity contribution in [2.75, 3.05) is 10.3 Å². The minimum absolute atomic E-state index is 0.0869. The minimum atomic E-state index is -0.792. The van der Waals surface area contributed by atoms with E-state index in [9.17, 15) is 14.0 Å². The Hall–Kier alpha value is -2.81. The first-order valence-electron chi connectivity index (χ1n) is 9.23. The standard InChI is InChI=1S/C19H20FN5O2S/c20-11-6-8-12(9-7-11)25-15(17(21)26)10-14(24-25)18(27)23-19-22-13-4-2-1-3-5-16(13)28-19/h6-9,15H,1-5,10H2,(H2,21,26)(H,22,23,27)/t15-/m0/s1. The summed E-state index contributed by atoms with van der Waals surface area (Å²) in [7, 11) is 0.